The molecule has 2 aromatic heterocycles. The second-order valence-corrected chi connectivity index (χ2v) is 5.24. The molecule has 17 heavy (non-hydrogen) atoms. The number of aromatic nitrogens is 3. The predicted molar refractivity (Wildman–Crippen MR) is 71.0 cm³/mol. The zero-order valence-corrected chi connectivity index (χ0v) is 11.3. The summed E-state index contributed by atoms with van der Waals surface area (Å²) in [5.41, 5.74) is 9.08. The van der Waals surface area contributed by atoms with E-state index in [1.165, 1.54) is 0 Å². The van der Waals surface area contributed by atoms with Gasteiger partial charge in [0.05, 0.1) is 16.4 Å². The topological polar surface area (TPSA) is 56.7 Å². The molecule has 4 nitrogen and oxygen atoms in total. The zero-order valence-electron chi connectivity index (χ0n) is 10.5. The summed E-state index contributed by atoms with van der Waals surface area (Å²) in [6.45, 7) is 4.11. The fourth-order valence-corrected chi connectivity index (χ4v) is 2.64. The van der Waals surface area contributed by atoms with Crippen LogP contribution in [0.5, 0.6) is 0 Å². The Labute approximate surface area is 105 Å². The molecule has 2 rings (SSSR count). The summed E-state index contributed by atoms with van der Waals surface area (Å²) in [6.07, 6.45) is 3.86. The largest absolute Gasteiger partial charge is 0.327 e. The number of aryl methyl sites for hydroxylation is 2. The molecule has 2 heterocycles. The second kappa shape index (κ2) is 4.98. The van der Waals surface area contributed by atoms with Gasteiger partial charge in [0.25, 0.3) is 0 Å². The third-order valence-corrected chi connectivity index (χ3v) is 3.67. The van der Waals surface area contributed by atoms with Crippen molar-refractivity contribution in [2.24, 2.45) is 12.8 Å². The lowest BCUT2D eigenvalue weighted by molar-refractivity contribution is 0.644. The average Bonchev–Trinajstić information content (AvgIpc) is 2.85. The van der Waals surface area contributed by atoms with Gasteiger partial charge in [0, 0.05) is 36.7 Å². The van der Waals surface area contributed by atoms with Crippen LogP contribution in [0.2, 0.25) is 0 Å². The van der Waals surface area contributed by atoms with Crippen LogP contribution in [-0.4, -0.2) is 20.8 Å². The van der Waals surface area contributed by atoms with Gasteiger partial charge < -0.3 is 5.73 Å². The van der Waals surface area contributed by atoms with Crippen molar-refractivity contribution in [2.45, 2.75) is 32.7 Å². The van der Waals surface area contributed by atoms with Crippen LogP contribution in [0, 0.1) is 6.92 Å². The molecule has 0 aromatic carbocycles. The number of rotatable bonds is 4. The molecule has 1 unspecified atom stereocenters. The average molecular weight is 250 g/mol. The number of hydrogen-bond donors (Lipinski definition) is 1. The highest BCUT2D eigenvalue weighted by Gasteiger charge is 2.11. The predicted octanol–water partition coefficient (Wildman–Crippen LogP) is 2.13. The standard InChI is InChI=1S/C12H18N4S/c1-4-9(13)5-12-14-11(7-17-12)10-6-16(3)15-8(10)2/h6-7,9H,4-5,13H2,1-3H3. The maximum absolute atomic E-state index is 5.94. The molecular weight excluding hydrogens is 232 g/mol. The first-order chi connectivity index (χ1) is 8.10. The Bertz CT molecular complexity index is 500. The van der Waals surface area contributed by atoms with Crippen molar-refractivity contribution in [3.8, 4) is 11.3 Å². The molecule has 0 aliphatic heterocycles. The van der Waals surface area contributed by atoms with Crippen LogP contribution in [0.4, 0.5) is 0 Å². The van der Waals surface area contributed by atoms with E-state index in [-0.39, 0.29) is 6.04 Å². The lowest BCUT2D eigenvalue weighted by atomic mass is 10.2. The number of hydrogen-bond acceptors (Lipinski definition) is 4. The van der Waals surface area contributed by atoms with Gasteiger partial charge in [-0.1, -0.05) is 6.92 Å². The smallest absolute Gasteiger partial charge is 0.0948 e. The minimum atomic E-state index is 0.212. The van der Waals surface area contributed by atoms with Crippen molar-refractivity contribution in [1.29, 1.82) is 0 Å². The van der Waals surface area contributed by atoms with Crippen LogP contribution in [0.15, 0.2) is 11.6 Å². The summed E-state index contributed by atoms with van der Waals surface area (Å²) in [5.74, 6) is 0. The van der Waals surface area contributed by atoms with Crippen LogP contribution < -0.4 is 5.73 Å². The molecule has 0 bridgehead atoms. The Balaban J connectivity index is 2.21. The van der Waals surface area contributed by atoms with Gasteiger partial charge in [-0.05, 0) is 13.3 Å². The molecule has 2 N–H and O–H groups in total. The maximum atomic E-state index is 5.94. The van der Waals surface area contributed by atoms with E-state index in [0.717, 1.165) is 34.8 Å². The van der Waals surface area contributed by atoms with E-state index < -0.39 is 0 Å². The fourth-order valence-electron chi connectivity index (χ4n) is 1.75. The van der Waals surface area contributed by atoms with E-state index >= 15 is 0 Å². The maximum Gasteiger partial charge on any atom is 0.0948 e. The third-order valence-electron chi connectivity index (χ3n) is 2.80. The SMILES string of the molecule is CCC(N)Cc1nc(-c2cn(C)nc2C)cs1. The summed E-state index contributed by atoms with van der Waals surface area (Å²) in [5, 5.41) is 7.52. The van der Waals surface area contributed by atoms with Crippen molar-refractivity contribution in [1.82, 2.24) is 14.8 Å². The first-order valence-corrected chi connectivity index (χ1v) is 6.68. The van der Waals surface area contributed by atoms with Crippen LogP contribution in [0.1, 0.15) is 24.0 Å². The molecule has 0 radical (unpaired) electrons. The first kappa shape index (κ1) is 12.3. The molecule has 1 atom stereocenters. The summed E-state index contributed by atoms with van der Waals surface area (Å²) < 4.78 is 1.82. The molecule has 5 heteroatoms. The molecule has 0 fully saturated rings. The quantitative estimate of drug-likeness (QED) is 0.904. The van der Waals surface area contributed by atoms with Gasteiger partial charge in [-0.15, -0.1) is 11.3 Å². The highest BCUT2D eigenvalue weighted by atomic mass is 32.1. The van der Waals surface area contributed by atoms with Crippen LogP contribution in [0.25, 0.3) is 11.3 Å². The van der Waals surface area contributed by atoms with Gasteiger partial charge in [-0.3, -0.25) is 4.68 Å². The Hall–Kier alpha value is -1.20. The van der Waals surface area contributed by atoms with Gasteiger partial charge in [-0.2, -0.15) is 5.10 Å². The lowest BCUT2D eigenvalue weighted by Crippen LogP contribution is -2.21. The lowest BCUT2D eigenvalue weighted by Gasteiger charge is -2.04. The third kappa shape index (κ3) is 2.73. The van der Waals surface area contributed by atoms with Crippen molar-refractivity contribution >= 4 is 11.3 Å². The minimum Gasteiger partial charge on any atom is -0.327 e. The number of nitrogens with zero attached hydrogens (tertiary/aromatic N) is 3. The summed E-state index contributed by atoms with van der Waals surface area (Å²) in [7, 11) is 1.93. The molecule has 0 aliphatic rings. The summed E-state index contributed by atoms with van der Waals surface area (Å²) in [6, 6.07) is 0.212. The minimum absolute atomic E-state index is 0.212. The van der Waals surface area contributed by atoms with E-state index in [2.05, 4.69) is 22.4 Å². The fraction of sp³-hybridized carbons (Fsp3) is 0.500. The van der Waals surface area contributed by atoms with Gasteiger partial charge in [0.1, 0.15) is 0 Å². The zero-order chi connectivity index (χ0) is 12.4. The molecule has 0 amide bonds. The van der Waals surface area contributed by atoms with E-state index in [4.69, 9.17) is 5.73 Å². The molecule has 0 spiro atoms. The van der Waals surface area contributed by atoms with Crippen molar-refractivity contribution < 1.29 is 0 Å². The van der Waals surface area contributed by atoms with Gasteiger partial charge in [0.2, 0.25) is 0 Å². The van der Waals surface area contributed by atoms with Crippen LogP contribution in [0.3, 0.4) is 0 Å². The Morgan fingerprint density at radius 3 is 2.88 bits per heavy atom. The van der Waals surface area contributed by atoms with E-state index in [1.54, 1.807) is 11.3 Å². The summed E-state index contributed by atoms with van der Waals surface area (Å²) >= 11 is 1.68. The Kier molecular flexibility index (Phi) is 3.59. The summed E-state index contributed by atoms with van der Waals surface area (Å²) in [4.78, 5) is 4.63. The van der Waals surface area contributed by atoms with Crippen molar-refractivity contribution in [3.05, 3.63) is 22.3 Å². The van der Waals surface area contributed by atoms with Gasteiger partial charge in [0.15, 0.2) is 0 Å². The molecule has 0 saturated heterocycles. The van der Waals surface area contributed by atoms with Gasteiger partial charge in [-0.25, -0.2) is 4.98 Å². The first-order valence-electron chi connectivity index (χ1n) is 5.80. The normalized spacial score (nSPS) is 12.9. The highest BCUT2D eigenvalue weighted by molar-refractivity contribution is 7.09. The van der Waals surface area contributed by atoms with Gasteiger partial charge >= 0.3 is 0 Å². The van der Waals surface area contributed by atoms with Crippen molar-refractivity contribution in [2.75, 3.05) is 0 Å². The van der Waals surface area contributed by atoms with Crippen molar-refractivity contribution in [3.63, 3.8) is 0 Å². The van der Waals surface area contributed by atoms with E-state index in [1.807, 2.05) is 24.9 Å². The number of nitrogens with two attached hydrogens (primary N) is 1. The Morgan fingerprint density at radius 1 is 1.53 bits per heavy atom. The molecule has 0 aliphatic carbocycles. The van der Waals surface area contributed by atoms with Crippen LogP contribution in [-0.2, 0) is 13.5 Å². The molecule has 0 saturated carbocycles. The monoisotopic (exact) mass is 250 g/mol. The van der Waals surface area contributed by atoms with Crippen LogP contribution >= 0.6 is 11.3 Å². The molecular formula is C12H18N4S. The van der Waals surface area contributed by atoms with E-state index in [9.17, 15) is 0 Å². The second-order valence-electron chi connectivity index (χ2n) is 4.30. The highest BCUT2D eigenvalue weighted by Crippen LogP contribution is 2.24. The Morgan fingerprint density at radius 2 is 2.29 bits per heavy atom. The molecule has 92 valence electrons. The molecule has 2 aromatic rings. The van der Waals surface area contributed by atoms with E-state index in [0.29, 0.717) is 0 Å². The number of thiazole rings is 1.